The summed E-state index contributed by atoms with van der Waals surface area (Å²) in [5, 5.41) is 2.84. The molecule has 1 aliphatic heterocycles. The van der Waals surface area contributed by atoms with Crippen LogP contribution in [-0.4, -0.2) is 44.3 Å². The van der Waals surface area contributed by atoms with Gasteiger partial charge in [0.05, 0.1) is 18.2 Å². The number of nitrogens with zero attached hydrogens (tertiary/aromatic N) is 1. The van der Waals surface area contributed by atoms with Gasteiger partial charge in [0.15, 0.2) is 0 Å². The zero-order chi connectivity index (χ0) is 17.0. The smallest absolute Gasteiger partial charge is 0.338 e. The number of allylic oxidation sites excluding steroid dienone is 1. The lowest BCUT2D eigenvalue weighted by Gasteiger charge is -2.33. The number of hydrogen-bond acceptors (Lipinski definition) is 4. The predicted molar refractivity (Wildman–Crippen MR) is 88.7 cm³/mol. The Morgan fingerprint density at radius 1 is 1.30 bits per heavy atom. The largest absolute Gasteiger partial charge is 0.460 e. The molecule has 0 saturated heterocycles. The number of benzene rings is 1. The fourth-order valence-electron chi connectivity index (χ4n) is 2.30. The fourth-order valence-corrected chi connectivity index (χ4v) is 2.56. The van der Waals surface area contributed by atoms with Crippen LogP contribution in [0, 0.1) is 0 Å². The van der Waals surface area contributed by atoms with Crippen molar-refractivity contribution >= 4 is 27.9 Å². The average Bonchev–Trinajstić information content (AvgIpc) is 2.53. The molecule has 124 valence electrons. The number of halogens is 1. The lowest BCUT2D eigenvalue weighted by Crippen LogP contribution is -2.46. The first-order chi connectivity index (χ1) is 11.0. The first-order valence-corrected chi connectivity index (χ1v) is 7.91. The summed E-state index contributed by atoms with van der Waals surface area (Å²) in [6.07, 6.45) is 0. The molecule has 0 unspecified atom stereocenters. The molecule has 0 radical (unpaired) electrons. The number of rotatable bonds is 5. The lowest BCUT2D eigenvalue weighted by molar-refractivity contribution is -0.140. The molecule has 1 heterocycles. The quantitative estimate of drug-likeness (QED) is 0.627. The van der Waals surface area contributed by atoms with E-state index in [2.05, 4.69) is 21.2 Å². The maximum Gasteiger partial charge on any atom is 0.338 e. The van der Waals surface area contributed by atoms with E-state index in [1.165, 1.54) is 12.0 Å². The van der Waals surface area contributed by atoms with Gasteiger partial charge in [-0.2, -0.15) is 0 Å². The van der Waals surface area contributed by atoms with Gasteiger partial charge in [0.2, 0.25) is 0 Å². The van der Waals surface area contributed by atoms with Crippen LogP contribution in [0.4, 0.5) is 4.79 Å². The summed E-state index contributed by atoms with van der Waals surface area (Å²) < 4.78 is 11.1. The minimum atomic E-state index is -0.540. The summed E-state index contributed by atoms with van der Waals surface area (Å²) in [7, 11) is 3.16. The van der Waals surface area contributed by atoms with Crippen molar-refractivity contribution in [3.05, 3.63) is 45.6 Å². The second-order valence-corrected chi connectivity index (χ2v) is 6.04. The number of hydrogen-bond donors (Lipinski definition) is 1. The van der Waals surface area contributed by atoms with Crippen molar-refractivity contribution < 1.29 is 19.1 Å². The Balaban J connectivity index is 2.35. The SMILES string of the molecule is COCCOC(=O)C1=C(C)N(C)C(=O)N[C@H]1c1ccc(Br)cc1. The number of carbonyl (C=O) groups is 2. The normalized spacial score (nSPS) is 18.0. The molecule has 0 aromatic heterocycles. The second-order valence-electron chi connectivity index (χ2n) is 5.12. The van der Waals surface area contributed by atoms with Crippen LogP contribution in [-0.2, 0) is 14.3 Å². The Morgan fingerprint density at radius 3 is 2.57 bits per heavy atom. The number of esters is 1. The zero-order valence-electron chi connectivity index (χ0n) is 13.3. The van der Waals surface area contributed by atoms with Crippen LogP contribution in [0.2, 0.25) is 0 Å². The van der Waals surface area contributed by atoms with E-state index in [1.807, 2.05) is 24.3 Å². The van der Waals surface area contributed by atoms with Crippen LogP contribution in [0.25, 0.3) is 0 Å². The summed E-state index contributed by atoms with van der Waals surface area (Å²) in [6.45, 7) is 2.22. The highest BCUT2D eigenvalue weighted by atomic mass is 79.9. The molecule has 0 aliphatic carbocycles. The molecule has 1 aliphatic rings. The molecule has 0 fully saturated rings. The van der Waals surface area contributed by atoms with Gasteiger partial charge in [-0.1, -0.05) is 28.1 Å². The Kier molecular flexibility index (Phi) is 5.79. The summed E-state index contributed by atoms with van der Waals surface area (Å²) in [5.41, 5.74) is 1.81. The minimum absolute atomic E-state index is 0.164. The Labute approximate surface area is 143 Å². The van der Waals surface area contributed by atoms with Crippen molar-refractivity contribution in [2.24, 2.45) is 0 Å². The Bertz CT molecular complexity index is 627. The van der Waals surface area contributed by atoms with Crippen LogP contribution >= 0.6 is 15.9 Å². The molecule has 0 spiro atoms. The molecule has 6 nitrogen and oxygen atoms in total. The van der Waals surface area contributed by atoms with Gasteiger partial charge in [-0.05, 0) is 24.6 Å². The Morgan fingerprint density at radius 2 is 1.96 bits per heavy atom. The van der Waals surface area contributed by atoms with E-state index in [-0.39, 0.29) is 12.6 Å². The molecule has 2 amide bonds. The summed E-state index contributed by atoms with van der Waals surface area (Å²) in [4.78, 5) is 26.0. The highest BCUT2D eigenvalue weighted by Gasteiger charge is 2.34. The van der Waals surface area contributed by atoms with Crippen molar-refractivity contribution in [1.29, 1.82) is 0 Å². The third-order valence-corrected chi connectivity index (χ3v) is 4.23. The third-order valence-electron chi connectivity index (χ3n) is 3.70. The van der Waals surface area contributed by atoms with E-state index in [0.717, 1.165) is 10.0 Å². The number of urea groups is 1. The number of amides is 2. The van der Waals surface area contributed by atoms with E-state index >= 15 is 0 Å². The lowest BCUT2D eigenvalue weighted by atomic mass is 9.95. The molecule has 1 atom stereocenters. The van der Waals surface area contributed by atoms with Gasteiger partial charge in [-0.3, -0.25) is 0 Å². The topological polar surface area (TPSA) is 67.9 Å². The van der Waals surface area contributed by atoms with Gasteiger partial charge in [0.25, 0.3) is 0 Å². The summed E-state index contributed by atoms with van der Waals surface area (Å²) in [5.74, 6) is -0.459. The van der Waals surface area contributed by atoms with Crippen LogP contribution in [0.15, 0.2) is 40.0 Å². The third kappa shape index (κ3) is 3.92. The van der Waals surface area contributed by atoms with E-state index in [0.29, 0.717) is 17.9 Å². The molecule has 0 saturated carbocycles. The van der Waals surface area contributed by atoms with Gasteiger partial charge in [-0.15, -0.1) is 0 Å². The summed E-state index contributed by atoms with van der Waals surface area (Å²) in [6, 6.07) is 6.64. The van der Waals surface area contributed by atoms with E-state index in [4.69, 9.17) is 9.47 Å². The zero-order valence-corrected chi connectivity index (χ0v) is 14.8. The number of nitrogens with one attached hydrogen (secondary N) is 1. The first-order valence-electron chi connectivity index (χ1n) is 7.12. The van der Waals surface area contributed by atoms with Gasteiger partial charge in [-0.25, -0.2) is 9.59 Å². The van der Waals surface area contributed by atoms with Crippen LogP contribution < -0.4 is 5.32 Å². The molecule has 1 aromatic carbocycles. The van der Waals surface area contributed by atoms with Crippen molar-refractivity contribution in [3.63, 3.8) is 0 Å². The van der Waals surface area contributed by atoms with Crippen LogP contribution in [0.3, 0.4) is 0 Å². The van der Waals surface area contributed by atoms with E-state index in [1.54, 1.807) is 14.0 Å². The van der Waals surface area contributed by atoms with Gasteiger partial charge in [0.1, 0.15) is 6.61 Å². The molecule has 1 aromatic rings. The maximum absolute atomic E-state index is 12.5. The minimum Gasteiger partial charge on any atom is -0.460 e. The molecular weight excluding hydrogens is 364 g/mol. The van der Waals surface area contributed by atoms with E-state index < -0.39 is 12.0 Å². The molecular formula is C16H19BrN2O4. The number of methoxy groups -OCH3 is 1. The van der Waals surface area contributed by atoms with Crippen molar-refractivity contribution in [1.82, 2.24) is 10.2 Å². The van der Waals surface area contributed by atoms with Crippen molar-refractivity contribution in [3.8, 4) is 0 Å². The van der Waals surface area contributed by atoms with Gasteiger partial charge >= 0.3 is 12.0 Å². The average molecular weight is 383 g/mol. The number of ether oxygens (including phenoxy) is 2. The molecule has 2 rings (SSSR count). The van der Waals surface area contributed by atoms with Crippen molar-refractivity contribution in [2.45, 2.75) is 13.0 Å². The van der Waals surface area contributed by atoms with Gasteiger partial charge < -0.3 is 19.7 Å². The second kappa shape index (κ2) is 7.61. The highest BCUT2D eigenvalue weighted by Crippen LogP contribution is 2.31. The van der Waals surface area contributed by atoms with Crippen molar-refractivity contribution in [2.75, 3.05) is 27.4 Å². The molecule has 0 bridgehead atoms. The predicted octanol–water partition coefficient (Wildman–Crippen LogP) is 2.61. The van der Waals surface area contributed by atoms with Crippen LogP contribution in [0.1, 0.15) is 18.5 Å². The molecule has 7 heteroatoms. The standard InChI is InChI=1S/C16H19BrN2O4/c1-10-13(15(20)23-9-8-22-3)14(18-16(21)19(10)2)11-4-6-12(17)7-5-11/h4-7,14H,8-9H2,1-3H3,(H,18,21)/t14-/m0/s1. The first kappa shape index (κ1) is 17.5. The number of carbonyl (C=O) groups excluding carboxylic acids is 2. The maximum atomic E-state index is 12.5. The monoisotopic (exact) mass is 382 g/mol. The fraction of sp³-hybridized carbons (Fsp3) is 0.375. The molecule has 1 N–H and O–H groups in total. The van der Waals surface area contributed by atoms with Crippen LogP contribution in [0.5, 0.6) is 0 Å². The Hall–Kier alpha value is -1.86. The summed E-state index contributed by atoms with van der Waals surface area (Å²) >= 11 is 3.38. The van der Waals surface area contributed by atoms with Gasteiger partial charge in [0, 0.05) is 24.3 Å². The van der Waals surface area contributed by atoms with E-state index in [9.17, 15) is 9.59 Å². The molecule has 23 heavy (non-hydrogen) atoms. The highest BCUT2D eigenvalue weighted by molar-refractivity contribution is 9.10.